The second-order valence-corrected chi connectivity index (χ2v) is 22.4. The van der Waals surface area contributed by atoms with Crippen LogP contribution in [0.25, 0.3) is 11.1 Å². The summed E-state index contributed by atoms with van der Waals surface area (Å²) in [5.41, 5.74) is 23.0. The van der Waals surface area contributed by atoms with E-state index in [4.69, 9.17) is 0 Å². The van der Waals surface area contributed by atoms with Gasteiger partial charge in [0.05, 0.1) is 11.4 Å². The maximum Gasteiger partial charge on any atom is 0.0520 e. The van der Waals surface area contributed by atoms with Gasteiger partial charge in [0.2, 0.25) is 0 Å². The zero-order valence-electron chi connectivity index (χ0n) is 40.8. The summed E-state index contributed by atoms with van der Waals surface area (Å²) in [6, 6.07) is 42.4. The van der Waals surface area contributed by atoms with Gasteiger partial charge in [-0.2, -0.15) is 0 Å². The monoisotopic (exact) mass is 809 g/mol. The van der Waals surface area contributed by atoms with Crippen LogP contribution in [0, 0.1) is 34.6 Å². The summed E-state index contributed by atoms with van der Waals surface area (Å²) in [7, 11) is 0. The molecular weight excluding hydrogens is 737 g/mol. The van der Waals surface area contributed by atoms with E-state index in [9.17, 15) is 0 Å². The summed E-state index contributed by atoms with van der Waals surface area (Å²) in [5.74, 6) is 0. The Kier molecular flexibility index (Phi) is 10.9. The molecule has 2 nitrogen and oxygen atoms in total. The normalized spacial score (nSPS) is 14.7. The Hall–Kier alpha value is -5.08. The third kappa shape index (κ3) is 7.86. The lowest BCUT2D eigenvalue weighted by Crippen LogP contribution is -2.43. The molecule has 1 aliphatic carbocycles. The molecule has 0 N–H and O–H groups in total. The number of rotatable bonds is 6. The maximum absolute atomic E-state index is 2.51. The van der Waals surface area contributed by atoms with Gasteiger partial charge in [-0.15, -0.1) is 0 Å². The van der Waals surface area contributed by atoms with Crippen molar-refractivity contribution in [1.29, 1.82) is 0 Å². The number of benzene rings is 6. The molecule has 2 heteroatoms. The van der Waals surface area contributed by atoms with Gasteiger partial charge < -0.3 is 9.80 Å². The van der Waals surface area contributed by atoms with Gasteiger partial charge in [-0.3, -0.25) is 0 Å². The molecule has 0 spiro atoms. The predicted molar refractivity (Wildman–Crippen MR) is 267 cm³/mol. The van der Waals surface area contributed by atoms with E-state index in [1.807, 2.05) is 0 Å². The maximum atomic E-state index is 2.51. The van der Waals surface area contributed by atoms with E-state index in [0.717, 1.165) is 0 Å². The smallest absolute Gasteiger partial charge is 0.0520 e. The quantitative estimate of drug-likeness (QED) is 0.165. The zero-order valence-corrected chi connectivity index (χ0v) is 40.8. The van der Waals surface area contributed by atoms with E-state index < -0.39 is 0 Å². The summed E-state index contributed by atoms with van der Waals surface area (Å²) in [5, 5.41) is 0. The first-order valence-electron chi connectivity index (χ1n) is 22.5. The van der Waals surface area contributed by atoms with Crippen LogP contribution < -0.4 is 9.80 Å². The second-order valence-electron chi connectivity index (χ2n) is 22.4. The number of aryl methyl sites for hydroxylation is 5. The van der Waals surface area contributed by atoms with Crippen molar-refractivity contribution in [3.05, 3.63) is 165 Å². The number of fused-ring (bicyclic) bond motifs is 3. The Morgan fingerprint density at radius 2 is 0.639 bits per heavy atom. The lowest BCUT2D eigenvalue weighted by Gasteiger charge is -2.49. The summed E-state index contributed by atoms with van der Waals surface area (Å²) in [6.07, 6.45) is 0. The molecule has 0 saturated heterocycles. The third-order valence-electron chi connectivity index (χ3n) is 14.2. The minimum Gasteiger partial charge on any atom is -0.310 e. The van der Waals surface area contributed by atoms with E-state index in [1.54, 1.807) is 0 Å². The van der Waals surface area contributed by atoms with Crippen molar-refractivity contribution in [2.75, 3.05) is 9.80 Å². The van der Waals surface area contributed by atoms with Gasteiger partial charge in [0.25, 0.3) is 0 Å². The van der Waals surface area contributed by atoms with E-state index in [0.29, 0.717) is 0 Å². The fraction of sp³-hybridized carbons (Fsp3) is 0.390. The van der Waals surface area contributed by atoms with Gasteiger partial charge >= 0.3 is 0 Å². The van der Waals surface area contributed by atoms with Crippen molar-refractivity contribution in [3.63, 3.8) is 0 Å². The lowest BCUT2D eigenvalue weighted by molar-refractivity contribution is 0.299. The first kappa shape index (κ1) is 44.0. The molecule has 0 saturated carbocycles. The molecule has 7 rings (SSSR count). The van der Waals surface area contributed by atoms with Crippen molar-refractivity contribution in [1.82, 2.24) is 0 Å². The largest absolute Gasteiger partial charge is 0.310 e. The summed E-state index contributed by atoms with van der Waals surface area (Å²) in [6.45, 7) is 41.9. The van der Waals surface area contributed by atoms with E-state index >= 15 is 0 Å². The van der Waals surface area contributed by atoms with Gasteiger partial charge in [-0.05, 0) is 171 Å². The highest BCUT2D eigenvalue weighted by Gasteiger charge is 2.46. The minimum atomic E-state index is -0.194. The van der Waals surface area contributed by atoms with Crippen LogP contribution in [0.2, 0.25) is 0 Å². The fourth-order valence-electron chi connectivity index (χ4n) is 9.62. The third-order valence-corrected chi connectivity index (χ3v) is 14.2. The Labute approximate surface area is 370 Å². The van der Waals surface area contributed by atoms with Crippen molar-refractivity contribution in [2.24, 2.45) is 0 Å². The van der Waals surface area contributed by atoms with E-state index in [1.165, 1.54) is 101 Å². The van der Waals surface area contributed by atoms with Crippen LogP contribution in [0.4, 0.5) is 34.1 Å². The van der Waals surface area contributed by atoms with Gasteiger partial charge in [-0.1, -0.05) is 156 Å². The highest BCUT2D eigenvalue weighted by molar-refractivity contribution is 5.88. The molecule has 0 bridgehead atoms. The second kappa shape index (κ2) is 15.1. The van der Waals surface area contributed by atoms with E-state index in [2.05, 4.69) is 244 Å². The molecule has 1 aliphatic rings. The number of anilines is 6. The van der Waals surface area contributed by atoms with Gasteiger partial charge in [0, 0.05) is 22.7 Å². The zero-order chi connectivity index (χ0) is 44.8. The van der Waals surface area contributed by atoms with Gasteiger partial charge in [0.1, 0.15) is 0 Å². The molecule has 0 unspecified atom stereocenters. The van der Waals surface area contributed by atoms with E-state index in [-0.39, 0.29) is 27.1 Å². The minimum absolute atomic E-state index is 0.0631. The van der Waals surface area contributed by atoms with Crippen LogP contribution in [0.15, 0.2) is 109 Å². The molecule has 0 aromatic heterocycles. The van der Waals surface area contributed by atoms with Crippen LogP contribution in [0.5, 0.6) is 0 Å². The topological polar surface area (TPSA) is 6.48 Å². The first-order valence-corrected chi connectivity index (χ1v) is 22.5. The van der Waals surface area contributed by atoms with Crippen molar-refractivity contribution < 1.29 is 0 Å². The van der Waals surface area contributed by atoms with Crippen molar-refractivity contribution in [2.45, 2.75) is 152 Å². The average Bonchev–Trinajstić information content (AvgIpc) is 3.16. The van der Waals surface area contributed by atoms with Crippen LogP contribution in [0.3, 0.4) is 0 Å². The summed E-state index contributed by atoms with van der Waals surface area (Å²) < 4.78 is 0. The SMILES string of the molecule is Cc1ccc(N(c2ccc3c(c2)C(C)(C)C(C)(C)c2cc(N(c4ccc(C(C)(C)C)cc4)c4c(C)cc(C(C)(C)C)cc4C)ccc2-3)c2c(C)cc(C(C)(C)C)cc2C)cc1. The molecule has 0 atom stereocenters. The lowest BCUT2D eigenvalue weighted by atomic mass is 9.55. The summed E-state index contributed by atoms with van der Waals surface area (Å²) >= 11 is 0. The first-order chi connectivity index (χ1) is 28.2. The average molecular weight is 809 g/mol. The molecule has 0 radical (unpaired) electrons. The molecule has 61 heavy (non-hydrogen) atoms. The summed E-state index contributed by atoms with van der Waals surface area (Å²) in [4.78, 5) is 5.01. The Morgan fingerprint density at radius 3 is 0.951 bits per heavy atom. The molecule has 0 amide bonds. The molecule has 6 aromatic carbocycles. The molecule has 318 valence electrons. The van der Waals surface area contributed by atoms with Crippen LogP contribution in [-0.2, 0) is 27.1 Å². The Bertz CT molecular complexity index is 2570. The molecule has 6 aromatic rings. The molecule has 0 heterocycles. The van der Waals surface area contributed by atoms with Crippen LogP contribution >= 0.6 is 0 Å². The Morgan fingerprint density at radius 1 is 0.344 bits per heavy atom. The highest BCUT2D eigenvalue weighted by Crippen LogP contribution is 2.56. The van der Waals surface area contributed by atoms with Crippen LogP contribution in [-0.4, -0.2) is 0 Å². The van der Waals surface area contributed by atoms with Gasteiger partial charge in [0.15, 0.2) is 0 Å². The highest BCUT2D eigenvalue weighted by atomic mass is 15.2. The van der Waals surface area contributed by atoms with Gasteiger partial charge in [-0.25, -0.2) is 0 Å². The fourth-order valence-corrected chi connectivity index (χ4v) is 9.62. The standard InChI is InChI=1S/C59H72N2/c1-37-19-23-45(24-20-37)60(53-38(2)31-43(32-39(53)3)56(9,10)11)47-27-29-49-50-30-28-48(36-52(50)59(17,18)58(15,16)51(49)35-47)61(46-25-21-42(22-26-46)55(6,7)8)54-40(4)33-44(34-41(54)5)57(12,13)14/h19-36H,1-18H3. The van der Waals surface area contributed by atoms with Crippen molar-refractivity contribution in [3.8, 4) is 11.1 Å². The number of nitrogens with zero attached hydrogens (tertiary/aromatic N) is 2. The number of hydrogen-bond donors (Lipinski definition) is 0. The molecule has 0 aliphatic heterocycles. The predicted octanol–water partition coefficient (Wildman–Crippen LogP) is 17.3. The molecule has 0 fully saturated rings. The van der Waals surface area contributed by atoms with Crippen molar-refractivity contribution >= 4 is 34.1 Å². The Balaban J connectivity index is 1.42. The molecular formula is C59H72N2. The van der Waals surface area contributed by atoms with Crippen LogP contribution in [0.1, 0.15) is 146 Å². The number of hydrogen-bond acceptors (Lipinski definition) is 2.